The third kappa shape index (κ3) is 5.14. The van der Waals surface area contributed by atoms with Gasteiger partial charge in [-0.2, -0.15) is 0 Å². The fourth-order valence-electron chi connectivity index (χ4n) is 3.66. The van der Waals surface area contributed by atoms with Gasteiger partial charge in [-0.3, -0.25) is 9.59 Å². The molecule has 162 valence electrons. The van der Waals surface area contributed by atoms with Crippen molar-refractivity contribution in [2.45, 2.75) is 45.8 Å². The first kappa shape index (κ1) is 21.7. The van der Waals surface area contributed by atoms with Gasteiger partial charge in [0.25, 0.3) is 5.91 Å². The van der Waals surface area contributed by atoms with Crippen LogP contribution in [0.25, 0.3) is 0 Å². The van der Waals surface area contributed by atoms with Gasteiger partial charge in [0, 0.05) is 13.1 Å². The molecule has 1 N–H and O–H groups in total. The Morgan fingerprint density at radius 2 is 2.00 bits per heavy atom. The lowest BCUT2D eigenvalue weighted by Gasteiger charge is -2.32. The predicted octanol–water partition coefficient (Wildman–Crippen LogP) is 3.81. The number of nitrogens with zero attached hydrogens (tertiary/aromatic N) is 1. The highest BCUT2D eigenvalue weighted by Crippen LogP contribution is 2.31. The molecule has 2 amide bonds. The summed E-state index contributed by atoms with van der Waals surface area (Å²) in [5.74, 6) is 0.934. The van der Waals surface area contributed by atoms with Crippen LogP contribution in [-0.2, 0) is 4.79 Å². The quantitative estimate of drug-likeness (QED) is 0.745. The summed E-state index contributed by atoms with van der Waals surface area (Å²) in [4.78, 5) is 27.2. The van der Waals surface area contributed by atoms with E-state index >= 15 is 0 Å². The zero-order valence-corrected chi connectivity index (χ0v) is 18.0. The summed E-state index contributed by atoms with van der Waals surface area (Å²) in [6, 6.07) is 7.13. The minimum absolute atomic E-state index is 0.0425. The number of nitrogens with one attached hydrogen (secondary N) is 1. The van der Waals surface area contributed by atoms with Gasteiger partial charge in [-0.25, -0.2) is 0 Å². The van der Waals surface area contributed by atoms with E-state index in [4.69, 9.17) is 13.9 Å². The second-order valence-electron chi connectivity index (χ2n) is 7.91. The Balaban J connectivity index is 1.63. The highest BCUT2D eigenvalue weighted by molar-refractivity contribution is 5.94. The van der Waals surface area contributed by atoms with Crippen LogP contribution in [0.2, 0.25) is 0 Å². The highest BCUT2D eigenvalue weighted by atomic mass is 16.5. The van der Waals surface area contributed by atoms with Crippen LogP contribution in [-0.4, -0.2) is 43.0 Å². The molecular formula is C23H30N2O5. The second-order valence-corrected chi connectivity index (χ2v) is 7.91. The Hall–Kier alpha value is -2.96. The number of piperidine rings is 1. The fraction of sp³-hybridized carbons (Fsp3) is 0.478. The number of rotatable bonds is 7. The molecule has 1 aromatic carbocycles. The molecular weight excluding hydrogens is 384 g/mol. The molecule has 1 aliphatic heterocycles. The van der Waals surface area contributed by atoms with Crippen molar-refractivity contribution >= 4 is 11.8 Å². The van der Waals surface area contributed by atoms with Gasteiger partial charge < -0.3 is 24.1 Å². The van der Waals surface area contributed by atoms with Crippen LogP contribution in [0.1, 0.15) is 55.6 Å². The molecule has 0 radical (unpaired) electrons. The molecule has 7 nitrogen and oxygen atoms in total. The molecule has 0 aliphatic carbocycles. The Morgan fingerprint density at radius 1 is 1.20 bits per heavy atom. The van der Waals surface area contributed by atoms with Gasteiger partial charge in [0.05, 0.1) is 37.0 Å². The van der Waals surface area contributed by atoms with Crippen molar-refractivity contribution in [3.05, 3.63) is 47.9 Å². The first-order chi connectivity index (χ1) is 14.4. The molecule has 3 rings (SSSR count). The maximum Gasteiger partial charge on any atom is 0.257 e. The summed E-state index contributed by atoms with van der Waals surface area (Å²) < 4.78 is 16.2. The molecule has 0 spiro atoms. The van der Waals surface area contributed by atoms with Gasteiger partial charge in [-0.15, -0.1) is 0 Å². The molecule has 2 unspecified atom stereocenters. The highest BCUT2D eigenvalue weighted by Gasteiger charge is 2.30. The fourth-order valence-corrected chi connectivity index (χ4v) is 3.66. The lowest BCUT2D eigenvalue weighted by Crippen LogP contribution is -2.45. The Labute approximate surface area is 177 Å². The van der Waals surface area contributed by atoms with Crippen molar-refractivity contribution in [2.75, 3.05) is 20.2 Å². The molecule has 1 fully saturated rings. The van der Waals surface area contributed by atoms with E-state index < -0.39 is 0 Å². The number of carbonyl (C=O) groups excluding carboxylic acids is 2. The van der Waals surface area contributed by atoms with Gasteiger partial charge in [-0.05, 0) is 57.4 Å². The number of carbonyl (C=O) groups is 2. The van der Waals surface area contributed by atoms with Crippen molar-refractivity contribution < 1.29 is 23.5 Å². The smallest absolute Gasteiger partial charge is 0.257 e. The second kappa shape index (κ2) is 9.69. The van der Waals surface area contributed by atoms with E-state index in [9.17, 15) is 9.59 Å². The van der Waals surface area contributed by atoms with Gasteiger partial charge in [0.2, 0.25) is 5.91 Å². The van der Waals surface area contributed by atoms with Crippen LogP contribution in [0.3, 0.4) is 0 Å². The molecule has 2 atom stereocenters. The van der Waals surface area contributed by atoms with Crippen molar-refractivity contribution in [3.8, 4) is 11.5 Å². The first-order valence-electron chi connectivity index (χ1n) is 10.4. The van der Waals surface area contributed by atoms with Gasteiger partial charge >= 0.3 is 0 Å². The number of likely N-dealkylation sites (tertiary alicyclic amines) is 1. The molecule has 1 aliphatic rings. The minimum Gasteiger partial charge on any atom is -0.493 e. The molecule has 2 heterocycles. The molecule has 7 heteroatoms. The Bertz CT molecular complexity index is 862. The molecule has 30 heavy (non-hydrogen) atoms. The van der Waals surface area contributed by atoms with Gasteiger partial charge in [0.1, 0.15) is 6.26 Å². The van der Waals surface area contributed by atoms with Crippen LogP contribution in [0.5, 0.6) is 11.5 Å². The van der Waals surface area contributed by atoms with E-state index in [-0.39, 0.29) is 29.9 Å². The number of amides is 2. The minimum atomic E-state index is -0.234. The summed E-state index contributed by atoms with van der Waals surface area (Å²) in [6.45, 7) is 6.92. The summed E-state index contributed by atoms with van der Waals surface area (Å²) in [5.41, 5.74) is 1.44. The van der Waals surface area contributed by atoms with Gasteiger partial charge in [-0.1, -0.05) is 6.07 Å². The summed E-state index contributed by atoms with van der Waals surface area (Å²) >= 11 is 0. The van der Waals surface area contributed by atoms with Crippen LogP contribution in [0.4, 0.5) is 0 Å². The van der Waals surface area contributed by atoms with Crippen molar-refractivity contribution in [1.82, 2.24) is 10.2 Å². The number of ether oxygens (including phenoxy) is 2. The lowest BCUT2D eigenvalue weighted by atomic mass is 9.96. The third-order valence-electron chi connectivity index (χ3n) is 5.26. The SMILES string of the molecule is COc1cc(C(C)NC(=O)C2CCCN(C(=O)c3ccoc3)C2)ccc1OC(C)C. The van der Waals surface area contributed by atoms with Crippen molar-refractivity contribution in [3.63, 3.8) is 0 Å². The molecule has 0 saturated carbocycles. The van der Waals surface area contributed by atoms with Crippen molar-refractivity contribution in [1.29, 1.82) is 0 Å². The van der Waals surface area contributed by atoms with E-state index in [0.717, 1.165) is 18.4 Å². The lowest BCUT2D eigenvalue weighted by molar-refractivity contribution is -0.127. The van der Waals surface area contributed by atoms with E-state index in [1.807, 2.05) is 39.0 Å². The summed E-state index contributed by atoms with van der Waals surface area (Å²) in [7, 11) is 1.60. The molecule has 0 bridgehead atoms. The molecule has 2 aromatic rings. The monoisotopic (exact) mass is 414 g/mol. The standard InChI is InChI=1S/C23H30N2O5/c1-15(2)30-20-8-7-17(12-21(20)28-4)16(3)24-22(26)18-6-5-10-25(13-18)23(27)19-9-11-29-14-19/h7-9,11-12,14-16,18H,5-6,10,13H2,1-4H3,(H,24,26). The van der Waals surface area contributed by atoms with Crippen LogP contribution < -0.4 is 14.8 Å². The van der Waals surface area contributed by atoms with E-state index in [2.05, 4.69) is 5.32 Å². The average Bonchev–Trinajstić information content (AvgIpc) is 3.28. The zero-order valence-electron chi connectivity index (χ0n) is 18.0. The van der Waals surface area contributed by atoms with Crippen LogP contribution in [0.15, 0.2) is 41.2 Å². The molecule has 1 saturated heterocycles. The average molecular weight is 415 g/mol. The first-order valence-corrected chi connectivity index (χ1v) is 10.4. The zero-order chi connectivity index (χ0) is 21.7. The maximum atomic E-state index is 12.9. The van der Waals surface area contributed by atoms with Gasteiger partial charge in [0.15, 0.2) is 11.5 Å². The largest absolute Gasteiger partial charge is 0.493 e. The molecule has 1 aromatic heterocycles. The number of hydrogen-bond acceptors (Lipinski definition) is 5. The Kier molecular flexibility index (Phi) is 7.03. The van der Waals surface area contributed by atoms with Crippen LogP contribution in [0, 0.1) is 5.92 Å². The number of methoxy groups -OCH3 is 1. The Morgan fingerprint density at radius 3 is 2.67 bits per heavy atom. The normalized spacial score (nSPS) is 17.5. The van der Waals surface area contributed by atoms with Crippen molar-refractivity contribution in [2.24, 2.45) is 5.92 Å². The number of benzene rings is 1. The maximum absolute atomic E-state index is 12.9. The predicted molar refractivity (Wildman–Crippen MR) is 113 cm³/mol. The summed E-state index contributed by atoms with van der Waals surface area (Å²) in [5, 5.41) is 3.08. The topological polar surface area (TPSA) is 81.0 Å². The number of furan rings is 1. The third-order valence-corrected chi connectivity index (χ3v) is 5.26. The van der Waals surface area contributed by atoms with Crippen LogP contribution >= 0.6 is 0 Å². The number of hydrogen-bond donors (Lipinski definition) is 1. The summed E-state index contributed by atoms with van der Waals surface area (Å²) in [6.07, 6.45) is 4.52. The van der Waals surface area contributed by atoms with E-state index in [1.165, 1.54) is 12.5 Å². The van der Waals surface area contributed by atoms with E-state index in [1.54, 1.807) is 18.1 Å². The van der Waals surface area contributed by atoms with E-state index in [0.29, 0.717) is 30.2 Å².